The van der Waals surface area contributed by atoms with Crippen molar-refractivity contribution in [2.45, 2.75) is 10.8 Å². The van der Waals surface area contributed by atoms with Crippen molar-refractivity contribution in [2.75, 3.05) is 39.3 Å². The number of methoxy groups -OCH3 is 1. The fraction of sp³-hybridized carbons (Fsp3) is 0.261. The molecule has 0 aliphatic carbocycles. The van der Waals surface area contributed by atoms with Crippen LogP contribution in [0.5, 0.6) is 5.75 Å². The quantitative estimate of drug-likeness (QED) is 0.359. The summed E-state index contributed by atoms with van der Waals surface area (Å²) < 4.78 is 10.6. The topological polar surface area (TPSA) is 108 Å². The number of rotatable bonds is 9. The molecule has 0 amide bonds. The maximum Gasteiger partial charge on any atom is 0.148 e. The van der Waals surface area contributed by atoms with Crippen molar-refractivity contribution in [3.8, 4) is 29.1 Å². The number of hydrogen-bond acceptors (Lipinski definition) is 9. The monoisotopic (exact) mass is 446 g/mol. The molecule has 0 saturated heterocycles. The van der Waals surface area contributed by atoms with Gasteiger partial charge in [-0.2, -0.15) is 10.5 Å². The Morgan fingerprint density at radius 3 is 2.47 bits per heavy atom. The molecule has 3 heterocycles. The van der Waals surface area contributed by atoms with Crippen LogP contribution in [0.25, 0.3) is 11.3 Å². The molecule has 3 aromatic heterocycles. The normalized spacial score (nSPS) is 10.3. The number of ether oxygens (including phenoxy) is 2. The van der Waals surface area contributed by atoms with Crippen LogP contribution in [0.3, 0.4) is 0 Å². The number of pyridine rings is 3. The molecule has 0 N–H and O–H groups in total. The number of nitriles is 2. The van der Waals surface area contributed by atoms with E-state index in [9.17, 15) is 10.5 Å². The molecule has 0 unspecified atom stereocenters. The van der Waals surface area contributed by atoms with Crippen LogP contribution < -0.4 is 9.64 Å². The fourth-order valence-electron chi connectivity index (χ4n) is 2.94. The van der Waals surface area contributed by atoms with E-state index in [0.717, 1.165) is 5.56 Å². The second kappa shape index (κ2) is 11.1. The highest BCUT2D eigenvalue weighted by atomic mass is 32.2. The van der Waals surface area contributed by atoms with Gasteiger partial charge in [0.2, 0.25) is 0 Å². The summed E-state index contributed by atoms with van der Waals surface area (Å²) in [6.45, 7) is 0.868. The van der Waals surface area contributed by atoms with Crippen molar-refractivity contribution in [3.63, 3.8) is 0 Å². The van der Waals surface area contributed by atoms with Gasteiger partial charge in [0.05, 0.1) is 24.1 Å². The van der Waals surface area contributed by atoms with Crippen LogP contribution >= 0.6 is 11.8 Å². The highest BCUT2D eigenvalue weighted by Crippen LogP contribution is 2.37. The van der Waals surface area contributed by atoms with Crippen LogP contribution in [0.4, 0.5) is 5.82 Å². The van der Waals surface area contributed by atoms with E-state index in [2.05, 4.69) is 27.1 Å². The number of aromatic nitrogens is 3. The van der Waals surface area contributed by atoms with Crippen LogP contribution in [0.2, 0.25) is 0 Å². The fourth-order valence-corrected chi connectivity index (χ4v) is 3.85. The van der Waals surface area contributed by atoms with Crippen LogP contribution in [0.15, 0.2) is 47.9 Å². The van der Waals surface area contributed by atoms with Gasteiger partial charge >= 0.3 is 0 Å². The largest absolute Gasteiger partial charge is 0.490 e. The molecule has 162 valence electrons. The van der Waals surface area contributed by atoms with Gasteiger partial charge in [0.15, 0.2) is 0 Å². The third-order valence-corrected chi connectivity index (χ3v) is 5.49. The zero-order chi connectivity index (χ0) is 22.9. The Kier molecular flexibility index (Phi) is 7.98. The molecule has 0 fully saturated rings. The summed E-state index contributed by atoms with van der Waals surface area (Å²) in [5, 5.41) is 20.5. The highest BCUT2D eigenvalue weighted by Gasteiger charge is 2.23. The van der Waals surface area contributed by atoms with Crippen molar-refractivity contribution in [1.82, 2.24) is 15.0 Å². The number of anilines is 1. The Hall–Kier alpha value is -3.66. The van der Waals surface area contributed by atoms with Gasteiger partial charge in [-0.15, -0.1) is 11.8 Å². The summed E-state index contributed by atoms with van der Waals surface area (Å²) in [5.41, 5.74) is 2.60. The minimum atomic E-state index is 0.304. The van der Waals surface area contributed by atoms with E-state index in [4.69, 9.17) is 9.47 Å². The first-order valence-corrected chi connectivity index (χ1v) is 10.7. The molecule has 8 nitrogen and oxygen atoms in total. The molecule has 32 heavy (non-hydrogen) atoms. The van der Waals surface area contributed by atoms with E-state index >= 15 is 0 Å². The maximum atomic E-state index is 10.0. The predicted molar refractivity (Wildman–Crippen MR) is 122 cm³/mol. The lowest BCUT2D eigenvalue weighted by Gasteiger charge is -2.19. The van der Waals surface area contributed by atoms with E-state index in [0.29, 0.717) is 57.9 Å². The van der Waals surface area contributed by atoms with Gasteiger partial charge < -0.3 is 14.4 Å². The average Bonchev–Trinajstić information content (AvgIpc) is 2.82. The summed E-state index contributed by atoms with van der Waals surface area (Å²) in [5.74, 6) is 1.65. The van der Waals surface area contributed by atoms with Crippen LogP contribution in [0, 0.1) is 22.7 Å². The van der Waals surface area contributed by atoms with Gasteiger partial charge in [-0.3, -0.25) is 9.97 Å². The number of thioether (sulfide) groups is 1. The van der Waals surface area contributed by atoms with Crippen molar-refractivity contribution < 1.29 is 9.47 Å². The van der Waals surface area contributed by atoms with Crippen molar-refractivity contribution in [1.29, 1.82) is 10.5 Å². The molecule has 0 bridgehead atoms. The summed E-state index contributed by atoms with van der Waals surface area (Å²) in [4.78, 5) is 15.0. The van der Waals surface area contributed by atoms with Crippen molar-refractivity contribution >= 4 is 17.6 Å². The second-order valence-electron chi connectivity index (χ2n) is 6.85. The predicted octanol–water partition coefficient (Wildman–Crippen LogP) is 3.67. The SMILES string of the molecule is COCCOc1ccc(-c2c(C#N)c(SCc3cccnc3)nc(N(C)C)c2C#N)nc1. The van der Waals surface area contributed by atoms with E-state index in [1.807, 2.05) is 26.2 Å². The Labute approximate surface area is 191 Å². The molecule has 9 heteroatoms. The molecule has 0 saturated carbocycles. The van der Waals surface area contributed by atoms with Crippen molar-refractivity contribution in [2.24, 2.45) is 0 Å². The van der Waals surface area contributed by atoms with E-state index < -0.39 is 0 Å². The lowest BCUT2D eigenvalue weighted by molar-refractivity contribution is 0.146. The molecule has 0 aromatic carbocycles. The first-order chi connectivity index (χ1) is 15.6. The molecular weight excluding hydrogens is 424 g/mol. The maximum absolute atomic E-state index is 10.0. The first kappa shape index (κ1) is 23.0. The minimum Gasteiger partial charge on any atom is -0.490 e. The summed E-state index contributed by atoms with van der Waals surface area (Å²) in [6, 6.07) is 11.8. The molecule has 0 aliphatic heterocycles. The number of hydrogen-bond donors (Lipinski definition) is 0. The van der Waals surface area contributed by atoms with Gasteiger partial charge in [0.1, 0.15) is 40.9 Å². The Morgan fingerprint density at radius 2 is 1.88 bits per heavy atom. The Balaban J connectivity index is 2.06. The summed E-state index contributed by atoms with van der Waals surface area (Å²) >= 11 is 1.43. The molecule has 3 rings (SSSR count). The van der Waals surface area contributed by atoms with Gasteiger partial charge in [-0.25, -0.2) is 4.98 Å². The molecule has 3 aromatic rings. The minimum absolute atomic E-state index is 0.304. The second-order valence-corrected chi connectivity index (χ2v) is 7.82. The van der Waals surface area contributed by atoms with Crippen molar-refractivity contribution in [3.05, 3.63) is 59.5 Å². The van der Waals surface area contributed by atoms with Gasteiger partial charge in [-0.05, 0) is 23.8 Å². The van der Waals surface area contributed by atoms with Gasteiger partial charge in [0.25, 0.3) is 0 Å². The molecule has 0 spiro atoms. The lowest BCUT2D eigenvalue weighted by Crippen LogP contribution is -2.15. The zero-order valence-electron chi connectivity index (χ0n) is 18.1. The number of nitrogens with zero attached hydrogens (tertiary/aromatic N) is 6. The summed E-state index contributed by atoms with van der Waals surface area (Å²) in [6.07, 6.45) is 5.07. The van der Waals surface area contributed by atoms with Gasteiger partial charge in [-0.1, -0.05) is 6.07 Å². The first-order valence-electron chi connectivity index (χ1n) is 9.74. The van der Waals surface area contributed by atoms with E-state index in [1.54, 1.807) is 42.7 Å². The lowest BCUT2D eigenvalue weighted by atomic mass is 10.0. The molecule has 0 aliphatic rings. The van der Waals surface area contributed by atoms with E-state index in [-0.39, 0.29) is 0 Å². The molecule has 0 radical (unpaired) electrons. The third-order valence-electron chi connectivity index (χ3n) is 4.44. The smallest absolute Gasteiger partial charge is 0.148 e. The molecular formula is C23H22N6O2S. The van der Waals surface area contributed by atoms with E-state index in [1.165, 1.54) is 11.8 Å². The van der Waals surface area contributed by atoms with Crippen LogP contribution in [-0.2, 0) is 10.5 Å². The van der Waals surface area contributed by atoms with Crippen LogP contribution in [-0.4, -0.2) is 49.4 Å². The zero-order valence-corrected chi connectivity index (χ0v) is 18.9. The van der Waals surface area contributed by atoms with Crippen LogP contribution in [0.1, 0.15) is 16.7 Å². The standard InChI is InChI=1S/C23H22N6O2S/c1-29(2)22-18(11-24)21(20-7-6-17(14-27-20)31-10-9-30-3)19(12-25)23(28-22)32-15-16-5-4-8-26-13-16/h4-8,13-14H,9-10,15H2,1-3H3. The summed E-state index contributed by atoms with van der Waals surface area (Å²) in [7, 11) is 5.23. The Morgan fingerprint density at radius 1 is 1.06 bits per heavy atom. The third kappa shape index (κ3) is 5.33. The highest BCUT2D eigenvalue weighted by molar-refractivity contribution is 7.98. The average molecular weight is 447 g/mol. The molecule has 0 atom stereocenters. The Bertz CT molecular complexity index is 1140. The van der Waals surface area contributed by atoms with Gasteiger partial charge in [0, 0.05) is 44.9 Å².